The fourth-order valence-electron chi connectivity index (χ4n) is 1.30. The van der Waals surface area contributed by atoms with Crippen molar-refractivity contribution < 1.29 is 9.53 Å². The topological polar surface area (TPSA) is 41.9 Å². The molecule has 0 atom stereocenters. The molecule has 0 fully saturated rings. The van der Waals surface area contributed by atoms with E-state index in [1.54, 1.807) is 24.4 Å². The van der Waals surface area contributed by atoms with Crippen LogP contribution in [0.1, 0.15) is 0 Å². The van der Waals surface area contributed by atoms with Crippen molar-refractivity contribution in [3.8, 4) is 0 Å². The Hall–Kier alpha value is -2.10. The summed E-state index contributed by atoms with van der Waals surface area (Å²) in [7, 11) is 1.36. The molecule has 0 aromatic carbocycles. The first-order chi connectivity index (χ1) is 7.31. The molecule has 0 spiro atoms. The average Bonchev–Trinajstić information content (AvgIpc) is 2.49. The second-order valence-corrected chi connectivity index (χ2v) is 2.98. The maximum Gasteiger partial charge on any atom is 0.337 e. The summed E-state index contributed by atoms with van der Waals surface area (Å²) in [6.45, 7) is 0. The van der Waals surface area contributed by atoms with Gasteiger partial charge in [-0.05, 0) is 24.3 Å². The van der Waals surface area contributed by atoms with Crippen molar-refractivity contribution >= 4 is 12.2 Å². The first-order valence-electron chi connectivity index (χ1n) is 4.49. The summed E-state index contributed by atoms with van der Waals surface area (Å²) in [5.74, 6) is 0.335. The molecule has 4 nitrogen and oxygen atoms in total. The third-order valence-electron chi connectivity index (χ3n) is 2.03. The van der Waals surface area contributed by atoms with E-state index in [2.05, 4.69) is 9.73 Å². The van der Waals surface area contributed by atoms with Gasteiger partial charge in [0.1, 0.15) is 5.82 Å². The second-order valence-electron chi connectivity index (χ2n) is 2.98. The van der Waals surface area contributed by atoms with Crippen molar-refractivity contribution in [2.24, 2.45) is 4.99 Å². The fraction of sp³-hybridized carbons (Fsp3) is 0.0909. The van der Waals surface area contributed by atoms with Gasteiger partial charge >= 0.3 is 5.97 Å². The Morgan fingerprint density at radius 2 is 2.20 bits per heavy atom. The molecule has 2 aliphatic heterocycles. The van der Waals surface area contributed by atoms with E-state index in [1.807, 2.05) is 23.4 Å². The summed E-state index contributed by atoms with van der Waals surface area (Å²) in [6, 6.07) is 0. The molecule has 15 heavy (non-hydrogen) atoms. The van der Waals surface area contributed by atoms with E-state index < -0.39 is 0 Å². The predicted octanol–water partition coefficient (Wildman–Crippen LogP) is 1.35. The Bertz CT molecular complexity index is 428. The maximum atomic E-state index is 11.3. The third-order valence-corrected chi connectivity index (χ3v) is 2.03. The molecular formula is C11H10N2O2. The van der Waals surface area contributed by atoms with Crippen LogP contribution in [-0.2, 0) is 9.53 Å². The van der Waals surface area contributed by atoms with Crippen molar-refractivity contribution in [1.29, 1.82) is 0 Å². The molecular weight excluding hydrogens is 192 g/mol. The van der Waals surface area contributed by atoms with E-state index in [4.69, 9.17) is 0 Å². The highest BCUT2D eigenvalue weighted by molar-refractivity contribution is 5.92. The molecule has 0 amide bonds. The van der Waals surface area contributed by atoms with Crippen LogP contribution in [0.15, 0.2) is 53.1 Å². The molecule has 2 heterocycles. The molecule has 4 heteroatoms. The van der Waals surface area contributed by atoms with Crippen LogP contribution in [0.4, 0.5) is 0 Å². The highest BCUT2D eigenvalue weighted by atomic mass is 16.5. The second kappa shape index (κ2) is 3.96. The third kappa shape index (κ3) is 1.88. The van der Waals surface area contributed by atoms with Gasteiger partial charge in [-0.3, -0.25) is 0 Å². The predicted molar refractivity (Wildman–Crippen MR) is 56.8 cm³/mol. The van der Waals surface area contributed by atoms with E-state index in [-0.39, 0.29) is 5.97 Å². The molecule has 0 radical (unpaired) electrons. The molecule has 0 aromatic heterocycles. The number of nitrogens with zero attached hydrogens (tertiary/aromatic N) is 2. The lowest BCUT2D eigenvalue weighted by atomic mass is 10.2. The maximum absolute atomic E-state index is 11.3. The highest BCUT2D eigenvalue weighted by Crippen LogP contribution is 2.17. The van der Waals surface area contributed by atoms with Crippen LogP contribution in [0.25, 0.3) is 0 Å². The number of methoxy groups -OCH3 is 1. The highest BCUT2D eigenvalue weighted by Gasteiger charge is 2.13. The van der Waals surface area contributed by atoms with Gasteiger partial charge < -0.3 is 9.64 Å². The van der Waals surface area contributed by atoms with E-state index in [0.717, 1.165) is 0 Å². The molecule has 0 bridgehead atoms. The van der Waals surface area contributed by atoms with E-state index in [9.17, 15) is 4.79 Å². The van der Waals surface area contributed by atoms with Crippen molar-refractivity contribution in [2.75, 3.05) is 7.11 Å². The Kier molecular flexibility index (Phi) is 2.49. The number of fused-ring (bicyclic) bond motifs is 1. The minimum absolute atomic E-state index is 0.362. The van der Waals surface area contributed by atoms with Crippen molar-refractivity contribution in [3.63, 3.8) is 0 Å². The molecule has 0 saturated heterocycles. The van der Waals surface area contributed by atoms with E-state index in [1.165, 1.54) is 7.11 Å². The number of allylic oxidation sites excluding steroid dienone is 3. The van der Waals surface area contributed by atoms with E-state index in [0.29, 0.717) is 11.4 Å². The number of hydrogen-bond donors (Lipinski definition) is 0. The molecule has 76 valence electrons. The Labute approximate surface area is 87.5 Å². The number of rotatable bonds is 1. The number of carbonyl (C=O) groups is 1. The summed E-state index contributed by atoms with van der Waals surface area (Å²) < 4.78 is 4.65. The summed E-state index contributed by atoms with van der Waals surface area (Å²) in [6.07, 6.45) is 12.4. The van der Waals surface area contributed by atoms with Crippen molar-refractivity contribution in [2.45, 2.75) is 0 Å². The van der Waals surface area contributed by atoms with Crippen LogP contribution in [0, 0.1) is 0 Å². The van der Waals surface area contributed by atoms with Gasteiger partial charge in [0.05, 0.1) is 12.7 Å². The van der Waals surface area contributed by atoms with Crippen molar-refractivity contribution in [1.82, 2.24) is 4.90 Å². The molecule has 0 unspecified atom stereocenters. The standard InChI is InChI=1S/C11H10N2O2/c1-15-11(14)9-4-2-6-13-7-3-5-12-10(13)8-9/h2-8H,1H3. The van der Waals surface area contributed by atoms with E-state index >= 15 is 0 Å². The Morgan fingerprint density at radius 1 is 1.40 bits per heavy atom. The lowest BCUT2D eigenvalue weighted by Gasteiger charge is -2.16. The zero-order valence-electron chi connectivity index (χ0n) is 8.25. The SMILES string of the molecule is COC(=O)C1=CC=CN2C=CC=NC2=C1. The lowest BCUT2D eigenvalue weighted by Crippen LogP contribution is -2.11. The fourth-order valence-corrected chi connectivity index (χ4v) is 1.30. The summed E-state index contributed by atoms with van der Waals surface area (Å²) >= 11 is 0. The van der Waals surface area contributed by atoms with Gasteiger partial charge in [0, 0.05) is 18.6 Å². The number of hydrogen-bond acceptors (Lipinski definition) is 4. The van der Waals surface area contributed by atoms with Crippen LogP contribution in [0.3, 0.4) is 0 Å². The Morgan fingerprint density at radius 3 is 3.00 bits per heavy atom. The normalized spacial score (nSPS) is 17.8. The summed E-state index contributed by atoms with van der Waals surface area (Å²) in [4.78, 5) is 17.3. The number of esters is 1. The van der Waals surface area contributed by atoms with Gasteiger partial charge in [0.2, 0.25) is 0 Å². The van der Waals surface area contributed by atoms with Crippen molar-refractivity contribution in [3.05, 3.63) is 48.1 Å². The average molecular weight is 202 g/mol. The Balaban J connectivity index is 2.34. The summed E-state index contributed by atoms with van der Waals surface area (Å²) in [5, 5.41) is 0. The number of ether oxygens (including phenoxy) is 1. The molecule has 0 aliphatic carbocycles. The smallest absolute Gasteiger partial charge is 0.337 e. The van der Waals surface area contributed by atoms with Gasteiger partial charge in [-0.15, -0.1) is 0 Å². The van der Waals surface area contributed by atoms with Gasteiger partial charge in [0.25, 0.3) is 0 Å². The zero-order valence-corrected chi connectivity index (χ0v) is 8.25. The van der Waals surface area contributed by atoms with Crippen LogP contribution in [0.5, 0.6) is 0 Å². The minimum atomic E-state index is -0.362. The van der Waals surface area contributed by atoms with Gasteiger partial charge in [-0.2, -0.15) is 0 Å². The zero-order chi connectivity index (χ0) is 10.7. The van der Waals surface area contributed by atoms with Crippen LogP contribution >= 0.6 is 0 Å². The first-order valence-corrected chi connectivity index (χ1v) is 4.49. The van der Waals surface area contributed by atoms with Gasteiger partial charge in [-0.1, -0.05) is 0 Å². The lowest BCUT2D eigenvalue weighted by molar-refractivity contribution is -0.135. The van der Waals surface area contributed by atoms with Crippen LogP contribution in [-0.4, -0.2) is 24.2 Å². The molecule has 0 N–H and O–H groups in total. The van der Waals surface area contributed by atoms with Crippen LogP contribution < -0.4 is 0 Å². The van der Waals surface area contributed by atoms with Gasteiger partial charge in [0.15, 0.2) is 0 Å². The van der Waals surface area contributed by atoms with Gasteiger partial charge in [-0.25, -0.2) is 9.79 Å². The first kappa shape index (κ1) is 9.45. The quantitative estimate of drug-likeness (QED) is 0.603. The monoisotopic (exact) mass is 202 g/mol. The molecule has 0 aromatic rings. The summed E-state index contributed by atoms with van der Waals surface area (Å²) in [5.41, 5.74) is 0.485. The molecule has 2 aliphatic rings. The largest absolute Gasteiger partial charge is 0.465 e. The number of carbonyl (C=O) groups excluding carboxylic acids is 1. The minimum Gasteiger partial charge on any atom is -0.465 e. The van der Waals surface area contributed by atoms with Crippen LogP contribution in [0.2, 0.25) is 0 Å². The number of aliphatic imine (C=N–C) groups is 1. The molecule has 2 rings (SSSR count). The molecule has 0 saturated carbocycles.